The molecule has 0 amide bonds. The van der Waals surface area contributed by atoms with Crippen LogP contribution in [0.5, 0.6) is 0 Å². The monoisotopic (exact) mass is 171 g/mol. The summed E-state index contributed by atoms with van der Waals surface area (Å²) in [6.45, 7) is 2.07. The van der Waals surface area contributed by atoms with E-state index in [1.54, 1.807) is 0 Å². The highest BCUT2D eigenvalue weighted by molar-refractivity contribution is 5.76. The minimum absolute atomic E-state index is 0.0207. The predicted molar refractivity (Wildman–Crippen MR) is 46.6 cm³/mol. The molecule has 0 aliphatic heterocycles. The van der Waals surface area contributed by atoms with Crippen molar-refractivity contribution in [3.8, 4) is 0 Å². The molecule has 0 heterocycles. The molecule has 0 aromatic heterocycles. The van der Waals surface area contributed by atoms with Crippen molar-refractivity contribution in [2.45, 2.75) is 38.6 Å². The van der Waals surface area contributed by atoms with Crippen LogP contribution in [0.1, 0.15) is 32.6 Å². The molecule has 0 aromatic rings. The summed E-state index contributed by atoms with van der Waals surface area (Å²) >= 11 is 0. The molecule has 1 aliphatic carbocycles. The summed E-state index contributed by atoms with van der Waals surface area (Å²) in [6.07, 6.45) is 4.45. The number of hydrogen-bond donors (Lipinski definition) is 1. The van der Waals surface area contributed by atoms with E-state index in [2.05, 4.69) is 11.7 Å². The second-order valence-corrected chi connectivity index (χ2v) is 3.86. The fourth-order valence-corrected chi connectivity index (χ4v) is 1.91. The standard InChI is InChI=1S/C9H17NO2/c1-9(5-3-4-6-9)7(10)8(11)12-2/h7H,3-6,10H2,1-2H3. The van der Waals surface area contributed by atoms with Crippen LogP contribution >= 0.6 is 0 Å². The first kappa shape index (κ1) is 9.52. The third-order valence-electron chi connectivity index (χ3n) is 2.95. The summed E-state index contributed by atoms with van der Waals surface area (Å²) in [5.74, 6) is -0.278. The second-order valence-electron chi connectivity index (χ2n) is 3.86. The lowest BCUT2D eigenvalue weighted by atomic mass is 9.81. The molecule has 1 unspecified atom stereocenters. The number of nitrogens with two attached hydrogens (primary N) is 1. The van der Waals surface area contributed by atoms with Crippen LogP contribution in [0.3, 0.4) is 0 Å². The van der Waals surface area contributed by atoms with Crippen molar-refractivity contribution in [1.29, 1.82) is 0 Å². The van der Waals surface area contributed by atoms with Crippen LogP contribution < -0.4 is 5.73 Å². The van der Waals surface area contributed by atoms with Gasteiger partial charge in [-0.25, -0.2) is 0 Å². The number of rotatable bonds is 2. The zero-order valence-electron chi connectivity index (χ0n) is 7.80. The van der Waals surface area contributed by atoms with E-state index in [4.69, 9.17) is 5.73 Å². The Bertz CT molecular complexity index is 173. The molecular weight excluding hydrogens is 154 g/mol. The SMILES string of the molecule is COC(=O)C(N)C1(C)CCCC1. The molecule has 1 aliphatic rings. The molecule has 12 heavy (non-hydrogen) atoms. The smallest absolute Gasteiger partial charge is 0.323 e. The minimum atomic E-state index is -0.440. The van der Waals surface area contributed by atoms with E-state index in [0.29, 0.717) is 0 Å². The molecule has 1 atom stereocenters. The molecule has 0 radical (unpaired) electrons. The van der Waals surface area contributed by atoms with Gasteiger partial charge in [0.15, 0.2) is 0 Å². The summed E-state index contributed by atoms with van der Waals surface area (Å²) in [7, 11) is 1.39. The molecule has 70 valence electrons. The molecular formula is C9H17NO2. The van der Waals surface area contributed by atoms with Crippen LogP contribution in [0.25, 0.3) is 0 Å². The quantitative estimate of drug-likeness (QED) is 0.632. The highest BCUT2D eigenvalue weighted by Gasteiger charge is 2.39. The lowest BCUT2D eigenvalue weighted by molar-refractivity contribution is -0.145. The first-order valence-corrected chi connectivity index (χ1v) is 4.43. The second kappa shape index (κ2) is 3.44. The fraction of sp³-hybridized carbons (Fsp3) is 0.889. The molecule has 3 nitrogen and oxygen atoms in total. The molecule has 0 saturated heterocycles. The Balaban J connectivity index is 2.61. The predicted octanol–water partition coefficient (Wildman–Crippen LogP) is 1.07. The minimum Gasteiger partial charge on any atom is -0.468 e. The van der Waals surface area contributed by atoms with Crippen LogP contribution in [0, 0.1) is 5.41 Å². The van der Waals surface area contributed by atoms with Crippen LogP contribution in [0.2, 0.25) is 0 Å². The molecule has 0 bridgehead atoms. The Labute approximate surface area is 73.3 Å². The lowest BCUT2D eigenvalue weighted by Crippen LogP contribution is -2.44. The average Bonchev–Trinajstić information content (AvgIpc) is 2.50. The van der Waals surface area contributed by atoms with Gasteiger partial charge in [0.05, 0.1) is 7.11 Å². The van der Waals surface area contributed by atoms with E-state index in [0.717, 1.165) is 12.8 Å². The molecule has 1 saturated carbocycles. The maximum Gasteiger partial charge on any atom is 0.323 e. The first-order valence-electron chi connectivity index (χ1n) is 4.43. The Morgan fingerprint density at radius 2 is 2.00 bits per heavy atom. The maximum absolute atomic E-state index is 11.2. The van der Waals surface area contributed by atoms with Crippen molar-refractivity contribution in [2.75, 3.05) is 7.11 Å². The van der Waals surface area contributed by atoms with Crippen molar-refractivity contribution in [1.82, 2.24) is 0 Å². The highest BCUT2D eigenvalue weighted by atomic mass is 16.5. The van der Waals surface area contributed by atoms with Gasteiger partial charge in [-0.3, -0.25) is 4.79 Å². The van der Waals surface area contributed by atoms with E-state index in [-0.39, 0.29) is 11.4 Å². The molecule has 2 N–H and O–H groups in total. The number of methoxy groups -OCH3 is 1. The summed E-state index contributed by atoms with van der Waals surface area (Å²) < 4.78 is 4.63. The molecule has 1 fully saturated rings. The normalized spacial score (nSPS) is 23.6. The fourth-order valence-electron chi connectivity index (χ4n) is 1.91. The van der Waals surface area contributed by atoms with Crippen molar-refractivity contribution < 1.29 is 9.53 Å². The largest absolute Gasteiger partial charge is 0.468 e. The molecule has 1 rings (SSSR count). The average molecular weight is 171 g/mol. The van der Waals surface area contributed by atoms with Gasteiger partial charge in [-0.1, -0.05) is 19.8 Å². The van der Waals surface area contributed by atoms with E-state index >= 15 is 0 Å². The van der Waals surface area contributed by atoms with Gasteiger partial charge in [0, 0.05) is 0 Å². The van der Waals surface area contributed by atoms with Crippen molar-refractivity contribution in [3.05, 3.63) is 0 Å². The van der Waals surface area contributed by atoms with Gasteiger partial charge in [-0.05, 0) is 18.3 Å². The zero-order valence-corrected chi connectivity index (χ0v) is 7.80. The zero-order chi connectivity index (χ0) is 9.19. The van der Waals surface area contributed by atoms with Gasteiger partial charge in [-0.2, -0.15) is 0 Å². The third-order valence-corrected chi connectivity index (χ3v) is 2.95. The summed E-state index contributed by atoms with van der Waals surface area (Å²) in [6, 6.07) is -0.440. The van der Waals surface area contributed by atoms with Gasteiger partial charge in [0.2, 0.25) is 0 Å². The Morgan fingerprint density at radius 3 is 2.42 bits per heavy atom. The van der Waals surface area contributed by atoms with E-state index in [1.807, 2.05) is 0 Å². The van der Waals surface area contributed by atoms with Crippen molar-refractivity contribution in [2.24, 2.45) is 11.1 Å². The number of esters is 1. The van der Waals surface area contributed by atoms with Crippen LogP contribution in [-0.2, 0) is 9.53 Å². The van der Waals surface area contributed by atoms with Crippen molar-refractivity contribution in [3.63, 3.8) is 0 Å². The topological polar surface area (TPSA) is 52.3 Å². The van der Waals surface area contributed by atoms with Crippen LogP contribution in [0.4, 0.5) is 0 Å². The maximum atomic E-state index is 11.2. The summed E-state index contributed by atoms with van der Waals surface area (Å²) in [5.41, 5.74) is 5.77. The Kier molecular flexibility index (Phi) is 2.73. The summed E-state index contributed by atoms with van der Waals surface area (Å²) in [5, 5.41) is 0. The molecule has 3 heteroatoms. The van der Waals surface area contributed by atoms with Crippen LogP contribution in [-0.4, -0.2) is 19.1 Å². The number of carbonyl (C=O) groups is 1. The molecule has 0 aromatic carbocycles. The van der Waals surface area contributed by atoms with Crippen LogP contribution in [0.15, 0.2) is 0 Å². The van der Waals surface area contributed by atoms with Gasteiger partial charge in [0.25, 0.3) is 0 Å². The van der Waals surface area contributed by atoms with E-state index in [1.165, 1.54) is 20.0 Å². The summed E-state index contributed by atoms with van der Waals surface area (Å²) in [4.78, 5) is 11.2. The number of carbonyl (C=O) groups excluding carboxylic acids is 1. The number of hydrogen-bond acceptors (Lipinski definition) is 3. The van der Waals surface area contributed by atoms with Gasteiger partial charge >= 0.3 is 5.97 Å². The van der Waals surface area contributed by atoms with E-state index < -0.39 is 6.04 Å². The van der Waals surface area contributed by atoms with Gasteiger partial charge < -0.3 is 10.5 Å². The number of ether oxygens (including phenoxy) is 1. The van der Waals surface area contributed by atoms with Gasteiger partial charge in [-0.15, -0.1) is 0 Å². The van der Waals surface area contributed by atoms with E-state index in [9.17, 15) is 4.79 Å². The Morgan fingerprint density at radius 1 is 1.50 bits per heavy atom. The first-order chi connectivity index (χ1) is 5.60. The highest BCUT2D eigenvalue weighted by Crippen LogP contribution is 2.39. The Hall–Kier alpha value is -0.570. The van der Waals surface area contributed by atoms with Gasteiger partial charge in [0.1, 0.15) is 6.04 Å². The van der Waals surface area contributed by atoms with Crippen molar-refractivity contribution >= 4 is 5.97 Å². The lowest BCUT2D eigenvalue weighted by Gasteiger charge is -2.28. The molecule has 0 spiro atoms. The third kappa shape index (κ3) is 1.61.